The Morgan fingerprint density at radius 1 is 1.15 bits per heavy atom. The second kappa shape index (κ2) is 11.0. The molecule has 0 bridgehead atoms. The summed E-state index contributed by atoms with van der Waals surface area (Å²) in [5.74, 6) is 1.33. The van der Waals surface area contributed by atoms with E-state index < -0.39 is 12.0 Å². The molecule has 3 aromatic rings. The lowest BCUT2D eigenvalue weighted by molar-refractivity contribution is -0.139. The van der Waals surface area contributed by atoms with Crippen LogP contribution in [-0.4, -0.2) is 44.1 Å². The van der Waals surface area contributed by atoms with Crippen LogP contribution in [0.4, 0.5) is 5.69 Å². The van der Waals surface area contributed by atoms with Gasteiger partial charge in [-0.1, -0.05) is 17.4 Å². The minimum atomic E-state index is -0.733. The lowest BCUT2D eigenvalue weighted by Crippen LogP contribution is -2.39. The van der Waals surface area contributed by atoms with Gasteiger partial charge in [-0.05, 0) is 63.6 Å². The molecule has 0 unspecified atom stereocenters. The normalized spacial score (nSPS) is 16.1. The molecule has 39 heavy (non-hydrogen) atoms. The molecule has 0 amide bonds. The summed E-state index contributed by atoms with van der Waals surface area (Å²) in [7, 11) is 1.62. The third-order valence-electron chi connectivity index (χ3n) is 6.86. The molecule has 204 valence electrons. The summed E-state index contributed by atoms with van der Waals surface area (Å²) in [4.78, 5) is 34.4. The largest absolute Gasteiger partial charge is 0.496 e. The summed E-state index contributed by atoms with van der Waals surface area (Å²) in [6.07, 6.45) is 1.81. The molecule has 0 saturated carbocycles. The van der Waals surface area contributed by atoms with E-state index in [4.69, 9.17) is 18.9 Å². The van der Waals surface area contributed by atoms with E-state index in [2.05, 4.69) is 23.7 Å². The van der Waals surface area contributed by atoms with Crippen LogP contribution in [0, 0.1) is 0 Å². The summed E-state index contributed by atoms with van der Waals surface area (Å²) in [5.41, 5.74) is 3.09. The van der Waals surface area contributed by atoms with Crippen molar-refractivity contribution in [2.75, 3.05) is 38.5 Å². The number of rotatable bonds is 8. The minimum Gasteiger partial charge on any atom is -0.496 e. The zero-order valence-corrected chi connectivity index (χ0v) is 23.5. The van der Waals surface area contributed by atoms with E-state index in [0.717, 1.165) is 24.3 Å². The van der Waals surface area contributed by atoms with E-state index in [1.807, 2.05) is 30.3 Å². The molecular weight excluding hydrogens is 518 g/mol. The van der Waals surface area contributed by atoms with Crippen LogP contribution < -0.4 is 34.0 Å². The number of hydrogen-bond acceptors (Lipinski definition) is 9. The summed E-state index contributed by atoms with van der Waals surface area (Å²) in [5, 5.41) is 0. The standard InChI is InChI=1S/C29H31N3O6S/c1-6-31(7-2)20-11-9-18(22(15-20)35-5)14-24-27(33)32-26(19-10-12-21-23(13-19)38-16-37-21)25(28(34)36-8-3)17(4)30-29(32)39-24/h9-15,26H,6-8,16H2,1-5H3/t26-/m0/s1. The van der Waals surface area contributed by atoms with Gasteiger partial charge in [0, 0.05) is 30.4 Å². The Kier molecular flexibility index (Phi) is 7.47. The molecule has 2 aliphatic rings. The van der Waals surface area contributed by atoms with Crippen molar-refractivity contribution in [1.82, 2.24) is 4.57 Å². The minimum absolute atomic E-state index is 0.121. The maximum atomic E-state index is 13.9. The van der Waals surface area contributed by atoms with Gasteiger partial charge in [-0.15, -0.1) is 0 Å². The average molecular weight is 550 g/mol. The molecule has 1 atom stereocenters. The highest BCUT2D eigenvalue weighted by molar-refractivity contribution is 7.07. The average Bonchev–Trinajstić information content (AvgIpc) is 3.52. The lowest BCUT2D eigenvalue weighted by Gasteiger charge is -2.24. The number of hydrogen-bond donors (Lipinski definition) is 0. The topological polar surface area (TPSA) is 91.6 Å². The number of ether oxygens (including phenoxy) is 4. The third kappa shape index (κ3) is 4.80. The summed E-state index contributed by atoms with van der Waals surface area (Å²) in [6.45, 7) is 9.80. The summed E-state index contributed by atoms with van der Waals surface area (Å²) in [6, 6.07) is 10.7. The molecule has 10 heteroatoms. The van der Waals surface area contributed by atoms with Crippen molar-refractivity contribution in [2.45, 2.75) is 33.7 Å². The first-order chi connectivity index (χ1) is 18.9. The molecule has 0 fully saturated rings. The number of esters is 1. The molecule has 0 spiro atoms. The van der Waals surface area contributed by atoms with Gasteiger partial charge < -0.3 is 23.8 Å². The maximum absolute atomic E-state index is 13.9. The van der Waals surface area contributed by atoms with Crippen LogP contribution in [0.5, 0.6) is 17.2 Å². The first-order valence-corrected chi connectivity index (χ1v) is 13.7. The fourth-order valence-corrected chi connectivity index (χ4v) is 5.97. The first-order valence-electron chi connectivity index (χ1n) is 12.9. The number of nitrogens with zero attached hydrogens (tertiary/aromatic N) is 3. The number of fused-ring (bicyclic) bond motifs is 2. The van der Waals surface area contributed by atoms with Gasteiger partial charge >= 0.3 is 5.97 Å². The van der Waals surface area contributed by atoms with Crippen LogP contribution in [0.3, 0.4) is 0 Å². The lowest BCUT2D eigenvalue weighted by atomic mass is 9.95. The second-order valence-electron chi connectivity index (χ2n) is 9.01. The molecular formula is C29H31N3O6S. The summed E-state index contributed by atoms with van der Waals surface area (Å²) >= 11 is 1.27. The molecule has 2 aromatic carbocycles. The number of thiazole rings is 1. The second-order valence-corrected chi connectivity index (χ2v) is 10.0. The van der Waals surface area contributed by atoms with E-state index in [1.54, 1.807) is 37.7 Å². The zero-order chi connectivity index (χ0) is 27.7. The van der Waals surface area contributed by atoms with E-state index in [-0.39, 0.29) is 19.0 Å². The van der Waals surface area contributed by atoms with Crippen LogP contribution in [0.25, 0.3) is 6.08 Å². The predicted molar refractivity (Wildman–Crippen MR) is 150 cm³/mol. The van der Waals surface area contributed by atoms with E-state index in [9.17, 15) is 9.59 Å². The Labute approximate surface area is 230 Å². The molecule has 5 rings (SSSR count). The van der Waals surface area contributed by atoms with Gasteiger partial charge in [-0.3, -0.25) is 9.36 Å². The Bertz CT molecular complexity index is 1630. The highest BCUT2D eigenvalue weighted by Gasteiger charge is 2.34. The van der Waals surface area contributed by atoms with Crippen molar-refractivity contribution in [3.05, 3.63) is 78.5 Å². The van der Waals surface area contributed by atoms with Crippen molar-refractivity contribution in [3.63, 3.8) is 0 Å². The fourth-order valence-electron chi connectivity index (χ4n) is 4.94. The molecule has 0 radical (unpaired) electrons. The quantitative estimate of drug-likeness (QED) is 0.398. The number of methoxy groups -OCH3 is 1. The molecule has 2 aliphatic heterocycles. The van der Waals surface area contributed by atoms with Gasteiger partial charge in [-0.25, -0.2) is 9.79 Å². The number of aromatic nitrogens is 1. The Balaban J connectivity index is 1.67. The Hall–Kier alpha value is -4.05. The number of allylic oxidation sites excluding steroid dienone is 1. The van der Waals surface area contributed by atoms with Gasteiger partial charge in [-0.2, -0.15) is 0 Å². The number of carbonyl (C=O) groups is 1. The zero-order valence-electron chi connectivity index (χ0n) is 22.6. The van der Waals surface area contributed by atoms with Crippen molar-refractivity contribution < 1.29 is 23.7 Å². The third-order valence-corrected chi connectivity index (χ3v) is 7.84. The molecule has 0 saturated heterocycles. The molecule has 0 N–H and O–H groups in total. The van der Waals surface area contributed by atoms with Gasteiger partial charge in [0.15, 0.2) is 16.3 Å². The van der Waals surface area contributed by atoms with Crippen molar-refractivity contribution in [3.8, 4) is 17.2 Å². The van der Waals surface area contributed by atoms with Gasteiger partial charge in [0.25, 0.3) is 5.56 Å². The molecule has 3 heterocycles. The van der Waals surface area contributed by atoms with Crippen molar-refractivity contribution in [2.24, 2.45) is 4.99 Å². The smallest absolute Gasteiger partial charge is 0.338 e. The first kappa shape index (κ1) is 26.6. The SMILES string of the molecule is CCOC(=O)C1=C(C)N=c2sc(=Cc3ccc(N(CC)CC)cc3OC)c(=O)n2[C@H]1c1ccc2c(c1)OCO2. The number of benzene rings is 2. The van der Waals surface area contributed by atoms with Crippen molar-refractivity contribution in [1.29, 1.82) is 0 Å². The molecule has 1 aromatic heterocycles. The molecule has 0 aliphatic carbocycles. The predicted octanol–water partition coefficient (Wildman–Crippen LogP) is 3.38. The van der Waals surface area contributed by atoms with Gasteiger partial charge in [0.05, 0.1) is 35.6 Å². The van der Waals surface area contributed by atoms with Crippen LogP contribution in [0.15, 0.2) is 57.5 Å². The van der Waals surface area contributed by atoms with Crippen LogP contribution >= 0.6 is 11.3 Å². The maximum Gasteiger partial charge on any atom is 0.338 e. The monoisotopic (exact) mass is 549 g/mol. The number of carbonyl (C=O) groups excluding carboxylic acids is 1. The van der Waals surface area contributed by atoms with Crippen LogP contribution in [-0.2, 0) is 9.53 Å². The van der Waals surface area contributed by atoms with E-state index in [1.165, 1.54) is 11.3 Å². The van der Waals surface area contributed by atoms with E-state index >= 15 is 0 Å². The van der Waals surface area contributed by atoms with E-state index in [0.29, 0.717) is 43.4 Å². The van der Waals surface area contributed by atoms with Crippen LogP contribution in [0.1, 0.15) is 44.9 Å². The molecule has 9 nitrogen and oxygen atoms in total. The fraction of sp³-hybridized carbons (Fsp3) is 0.345. The Morgan fingerprint density at radius 3 is 2.64 bits per heavy atom. The number of anilines is 1. The van der Waals surface area contributed by atoms with Gasteiger partial charge in [0.1, 0.15) is 5.75 Å². The van der Waals surface area contributed by atoms with Crippen LogP contribution in [0.2, 0.25) is 0 Å². The van der Waals surface area contributed by atoms with Crippen molar-refractivity contribution >= 4 is 29.1 Å². The highest BCUT2D eigenvalue weighted by atomic mass is 32.1. The highest BCUT2D eigenvalue weighted by Crippen LogP contribution is 2.38. The summed E-state index contributed by atoms with van der Waals surface area (Å²) < 4.78 is 24.2. The van der Waals surface area contributed by atoms with Gasteiger partial charge in [0.2, 0.25) is 6.79 Å². The Morgan fingerprint density at radius 2 is 1.92 bits per heavy atom.